The van der Waals surface area contributed by atoms with Crippen LogP contribution in [0.2, 0.25) is 0 Å². The number of carbonyl (C=O) groups is 1. The van der Waals surface area contributed by atoms with Gasteiger partial charge >= 0.3 is 5.97 Å². The Labute approximate surface area is 353 Å². The number of phenolic OH excluding ortho intramolecular Hbond substituents is 1. The third-order valence-electron chi connectivity index (χ3n) is 15.0. The monoisotopic (exact) mass is 800 g/mol. The van der Waals surface area contributed by atoms with Crippen LogP contribution in [0.15, 0.2) is 115 Å². The van der Waals surface area contributed by atoms with Crippen molar-refractivity contribution >= 4 is 5.97 Å². The molecule has 316 valence electrons. The van der Waals surface area contributed by atoms with Gasteiger partial charge < -0.3 is 26.2 Å². The van der Waals surface area contributed by atoms with Gasteiger partial charge in [0.2, 0.25) is 0 Å². The van der Waals surface area contributed by atoms with Crippen molar-refractivity contribution in [1.82, 2.24) is 0 Å². The first-order valence-corrected chi connectivity index (χ1v) is 22.9. The van der Waals surface area contributed by atoms with Crippen molar-refractivity contribution in [2.45, 2.75) is 114 Å². The number of aromatic hydroxyl groups is 1. The maximum atomic E-state index is 13.4. The standard InChI is InChI=1S/C53H69NO5/c54-35-44-24-26-48(52(58)59)51-49(53(45-18-5-2-6-19-45)28-10-17-41(34-53)30-40-15-9-21-47(57)33-40)27-25-43(50(44)51)31-39(23-22-38-13-7-16-42(29-38)36-55)14-8-20-46(56)32-37-11-3-1-4-12-37/h2,5-9,13,15-16,18-21,24-27,29,33,37,39,41,43-44,46,48-51,55-57H,1,3-4,10-12,14,17,22-23,28,30-32,34-36,54H2,(H,58,59). The normalized spacial score (nSPS) is 29.6. The lowest BCUT2D eigenvalue weighted by Gasteiger charge is -2.56. The van der Waals surface area contributed by atoms with E-state index in [9.17, 15) is 25.2 Å². The zero-order valence-electron chi connectivity index (χ0n) is 35.0. The fourth-order valence-corrected chi connectivity index (χ4v) is 12.3. The maximum Gasteiger partial charge on any atom is 0.310 e. The first-order chi connectivity index (χ1) is 28.8. The molecule has 3 aromatic rings. The molecule has 10 atom stereocenters. The average molecular weight is 800 g/mol. The molecule has 59 heavy (non-hydrogen) atoms. The van der Waals surface area contributed by atoms with Crippen LogP contribution in [0, 0.1) is 53.3 Å². The van der Waals surface area contributed by atoms with E-state index in [1.807, 2.05) is 36.4 Å². The Kier molecular flexibility index (Phi) is 15.0. The van der Waals surface area contributed by atoms with E-state index >= 15 is 0 Å². The van der Waals surface area contributed by atoms with E-state index < -0.39 is 18.0 Å². The number of benzene rings is 3. The summed E-state index contributed by atoms with van der Waals surface area (Å²) in [7, 11) is 0. The SMILES string of the molecule is NCC1C=CC(C(=O)O)C2C1C(CC(CC=CC(O)CC1CCCCC1)CCc1cccc(CO)c1)C=CC2C1(c2ccccc2)CCCC(Cc2cccc(O)c2)C1. The zero-order chi connectivity index (χ0) is 41.2. The Morgan fingerprint density at radius 1 is 0.797 bits per heavy atom. The van der Waals surface area contributed by atoms with Crippen molar-refractivity contribution in [1.29, 1.82) is 0 Å². The number of allylic oxidation sites excluding steroid dienone is 3. The molecule has 2 saturated carbocycles. The molecule has 0 spiro atoms. The van der Waals surface area contributed by atoms with Crippen molar-refractivity contribution in [2.75, 3.05) is 6.54 Å². The quantitative estimate of drug-likeness (QED) is 0.0867. The predicted octanol–water partition coefficient (Wildman–Crippen LogP) is 10.4. The van der Waals surface area contributed by atoms with Crippen molar-refractivity contribution in [2.24, 2.45) is 59.0 Å². The Morgan fingerprint density at radius 2 is 1.54 bits per heavy atom. The summed E-state index contributed by atoms with van der Waals surface area (Å²) < 4.78 is 0. The molecule has 3 aromatic carbocycles. The van der Waals surface area contributed by atoms with E-state index in [1.165, 1.54) is 43.2 Å². The zero-order valence-corrected chi connectivity index (χ0v) is 35.0. The van der Waals surface area contributed by atoms with Crippen LogP contribution in [0.3, 0.4) is 0 Å². The van der Waals surface area contributed by atoms with Gasteiger partial charge in [0.15, 0.2) is 0 Å². The molecule has 0 saturated heterocycles. The molecule has 4 aliphatic carbocycles. The maximum absolute atomic E-state index is 13.4. The Hall–Kier alpha value is -3.97. The second kappa shape index (κ2) is 20.5. The van der Waals surface area contributed by atoms with Gasteiger partial charge in [0.25, 0.3) is 0 Å². The van der Waals surface area contributed by atoms with E-state index in [0.29, 0.717) is 30.0 Å². The summed E-state index contributed by atoms with van der Waals surface area (Å²) >= 11 is 0. The Bertz CT molecular complexity index is 1880. The molecular formula is C53H69NO5. The fourth-order valence-electron chi connectivity index (χ4n) is 12.3. The predicted molar refractivity (Wildman–Crippen MR) is 238 cm³/mol. The van der Waals surface area contributed by atoms with Crippen LogP contribution in [-0.2, 0) is 29.7 Å². The number of fused-ring (bicyclic) bond motifs is 1. The van der Waals surface area contributed by atoms with Crippen molar-refractivity contribution < 1.29 is 25.2 Å². The lowest BCUT2D eigenvalue weighted by Crippen LogP contribution is -2.53. The summed E-state index contributed by atoms with van der Waals surface area (Å²) in [4.78, 5) is 13.4. The lowest BCUT2D eigenvalue weighted by atomic mass is 9.48. The summed E-state index contributed by atoms with van der Waals surface area (Å²) in [5.74, 6) is 0.469. The Balaban J connectivity index is 1.21. The van der Waals surface area contributed by atoms with E-state index in [2.05, 4.69) is 72.8 Å². The van der Waals surface area contributed by atoms with Crippen LogP contribution in [-0.4, -0.2) is 39.0 Å². The minimum atomic E-state index is -0.753. The second-order valence-corrected chi connectivity index (χ2v) is 18.8. The Morgan fingerprint density at radius 3 is 2.31 bits per heavy atom. The number of carboxylic acid groups (broad SMARTS) is 1. The summed E-state index contributed by atoms with van der Waals surface area (Å²) in [5, 5.41) is 42.2. The van der Waals surface area contributed by atoms with Crippen LogP contribution in [0.5, 0.6) is 5.75 Å². The highest BCUT2D eigenvalue weighted by Gasteiger charge is 2.55. The molecule has 6 heteroatoms. The first kappa shape index (κ1) is 43.1. The van der Waals surface area contributed by atoms with Crippen molar-refractivity contribution in [3.8, 4) is 5.75 Å². The van der Waals surface area contributed by atoms with Crippen molar-refractivity contribution in [3.63, 3.8) is 0 Å². The first-order valence-electron chi connectivity index (χ1n) is 22.9. The van der Waals surface area contributed by atoms with Crippen LogP contribution < -0.4 is 5.73 Å². The summed E-state index contributed by atoms with van der Waals surface area (Å²) in [5.41, 5.74) is 11.0. The number of aryl methyl sites for hydroxylation is 1. The van der Waals surface area contributed by atoms with Crippen molar-refractivity contribution in [3.05, 3.63) is 138 Å². The van der Waals surface area contributed by atoms with E-state index in [0.717, 1.165) is 75.3 Å². The highest BCUT2D eigenvalue weighted by Crippen LogP contribution is 2.58. The van der Waals surface area contributed by atoms with Gasteiger partial charge in [-0.25, -0.2) is 0 Å². The summed E-state index contributed by atoms with van der Waals surface area (Å²) in [6, 6.07) is 26.8. The fraction of sp³-hybridized carbons (Fsp3) is 0.528. The van der Waals surface area contributed by atoms with Gasteiger partial charge in [0, 0.05) is 5.41 Å². The second-order valence-electron chi connectivity index (χ2n) is 18.8. The molecule has 6 nitrogen and oxygen atoms in total. The van der Waals surface area contributed by atoms with Gasteiger partial charge in [-0.1, -0.05) is 148 Å². The molecule has 6 N–H and O–H groups in total. The molecular weight excluding hydrogens is 731 g/mol. The molecule has 0 aliphatic heterocycles. The van der Waals surface area contributed by atoms with Gasteiger partial charge in [0.05, 0.1) is 18.6 Å². The van der Waals surface area contributed by atoms with Gasteiger partial charge in [-0.15, -0.1) is 0 Å². The largest absolute Gasteiger partial charge is 0.508 e. The number of carboxylic acids is 1. The van der Waals surface area contributed by atoms with Crippen LogP contribution in [0.25, 0.3) is 0 Å². The smallest absolute Gasteiger partial charge is 0.310 e. The average Bonchev–Trinajstić information content (AvgIpc) is 3.25. The van der Waals surface area contributed by atoms with Gasteiger partial charge in [-0.05, 0) is 140 Å². The third-order valence-corrected chi connectivity index (χ3v) is 15.0. The summed E-state index contributed by atoms with van der Waals surface area (Å²) in [6.45, 7) is 0.501. The van der Waals surface area contributed by atoms with Crippen LogP contribution >= 0.6 is 0 Å². The number of hydrogen-bond acceptors (Lipinski definition) is 5. The molecule has 0 bridgehead atoms. The highest BCUT2D eigenvalue weighted by molar-refractivity contribution is 5.73. The minimum Gasteiger partial charge on any atom is -0.508 e. The number of rotatable bonds is 17. The molecule has 0 heterocycles. The number of aliphatic hydroxyl groups is 2. The molecule has 0 aromatic heterocycles. The van der Waals surface area contributed by atoms with Crippen LogP contribution in [0.4, 0.5) is 0 Å². The number of aliphatic hydroxyl groups excluding tert-OH is 2. The molecule has 4 aliphatic rings. The molecule has 0 radical (unpaired) electrons. The topological polar surface area (TPSA) is 124 Å². The van der Waals surface area contributed by atoms with E-state index in [4.69, 9.17) is 5.73 Å². The highest BCUT2D eigenvalue weighted by atomic mass is 16.4. The van der Waals surface area contributed by atoms with E-state index in [1.54, 1.807) is 6.07 Å². The minimum absolute atomic E-state index is 0.0210. The lowest BCUT2D eigenvalue weighted by molar-refractivity contribution is -0.145. The van der Waals surface area contributed by atoms with Gasteiger partial charge in [-0.2, -0.15) is 0 Å². The third kappa shape index (κ3) is 10.7. The molecule has 10 unspecified atom stereocenters. The van der Waals surface area contributed by atoms with Gasteiger partial charge in [-0.3, -0.25) is 4.79 Å². The molecule has 7 rings (SSSR count). The number of phenols is 1. The number of nitrogens with two attached hydrogens (primary N) is 1. The van der Waals surface area contributed by atoms with Crippen LogP contribution in [0.1, 0.15) is 106 Å². The molecule has 0 amide bonds. The number of aliphatic carboxylic acids is 1. The number of hydrogen-bond donors (Lipinski definition) is 5. The van der Waals surface area contributed by atoms with Gasteiger partial charge in [0.1, 0.15) is 5.75 Å². The summed E-state index contributed by atoms with van der Waals surface area (Å²) in [6.07, 6.45) is 28.6. The molecule has 2 fully saturated rings. The van der Waals surface area contributed by atoms with E-state index in [-0.39, 0.29) is 41.6 Å².